The van der Waals surface area contributed by atoms with Gasteiger partial charge in [-0.15, -0.1) is 0 Å². The molecule has 1 aromatic heterocycles. The highest BCUT2D eigenvalue weighted by atomic mass is 35.5. The Morgan fingerprint density at radius 1 is 1.25 bits per heavy atom. The number of likely N-dealkylation sites (tertiary alicyclic amines) is 1. The number of Topliss-reactive ketones (excluding diaryl/α,β-unsaturated/α-hetero) is 1. The molecule has 0 bridgehead atoms. The number of amides is 1. The molecule has 3 heterocycles. The Morgan fingerprint density at radius 2 is 2.07 bits per heavy atom. The lowest BCUT2D eigenvalue weighted by atomic mass is 9.87. The van der Waals surface area contributed by atoms with Gasteiger partial charge in [-0.2, -0.15) is 5.10 Å². The molecule has 0 spiro atoms. The van der Waals surface area contributed by atoms with Crippen LogP contribution in [0.1, 0.15) is 40.1 Å². The van der Waals surface area contributed by atoms with E-state index < -0.39 is 0 Å². The maximum absolute atomic E-state index is 12.8. The van der Waals surface area contributed by atoms with Crippen LogP contribution in [-0.2, 0) is 7.05 Å². The van der Waals surface area contributed by atoms with Gasteiger partial charge in [-0.3, -0.25) is 14.4 Å². The number of nitrogens with zero attached hydrogens (tertiary/aromatic N) is 3. The van der Waals surface area contributed by atoms with Crippen LogP contribution in [0.4, 0.5) is 0 Å². The molecule has 28 heavy (non-hydrogen) atoms. The second kappa shape index (κ2) is 7.39. The molecular weight excluding hydrogens is 382 g/mol. The number of carbonyl (C=O) groups is 2. The fourth-order valence-electron chi connectivity index (χ4n) is 3.86. The normalized spacial score (nSPS) is 21.8. The summed E-state index contributed by atoms with van der Waals surface area (Å²) in [6, 6.07) is 7.86. The van der Waals surface area contributed by atoms with E-state index in [0.717, 1.165) is 17.5 Å². The van der Waals surface area contributed by atoms with E-state index in [1.807, 2.05) is 0 Å². The molecule has 2 aliphatic rings. The van der Waals surface area contributed by atoms with E-state index in [2.05, 4.69) is 5.10 Å². The number of ketones is 1. The minimum Gasteiger partial charge on any atom is -0.489 e. The quantitative estimate of drug-likeness (QED) is 0.771. The largest absolute Gasteiger partial charge is 0.489 e. The van der Waals surface area contributed by atoms with Gasteiger partial charge in [-0.05, 0) is 37.1 Å². The lowest BCUT2D eigenvalue weighted by Gasteiger charge is -2.38. The van der Waals surface area contributed by atoms with E-state index in [4.69, 9.17) is 16.3 Å². The van der Waals surface area contributed by atoms with Gasteiger partial charge < -0.3 is 9.64 Å². The molecule has 7 nitrogen and oxygen atoms in total. The number of ether oxygens (including phenoxy) is 1. The van der Waals surface area contributed by atoms with E-state index in [9.17, 15) is 14.4 Å². The van der Waals surface area contributed by atoms with Crippen LogP contribution in [-0.4, -0.2) is 45.6 Å². The lowest BCUT2D eigenvalue weighted by molar-refractivity contribution is 0.0404. The minimum atomic E-state index is -0.273. The molecule has 0 saturated carbocycles. The van der Waals surface area contributed by atoms with Crippen LogP contribution in [0, 0.1) is 5.92 Å². The third-order valence-corrected chi connectivity index (χ3v) is 5.59. The summed E-state index contributed by atoms with van der Waals surface area (Å²) in [7, 11) is 1.52. The molecule has 2 atom stereocenters. The summed E-state index contributed by atoms with van der Waals surface area (Å²) in [5, 5.41) is 4.56. The Bertz CT molecular complexity index is 1000. The molecule has 0 radical (unpaired) electrons. The number of carbonyl (C=O) groups excluding carboxylic acids is 2. The van der Waals surface area contributed by atoms with Crippen LogP contribution < -0.4 is 10.3 Å². The first-order valence-electron chi connectivity index (χ1n) is 9.25. The molecule has 1 fully saturated rings. The zero-order valence-corrected chi connectivity index (χ0v) is 16.2. The summed E-state index contributed by atoms with van der Waals surface area (Å²) in [5.41, 5.74) is 0.492. The van der Waals surface area contributed by atoms with Crippen molar-refractivity contribution in [1.82, 2.24) is 14.7 Å². The highest BCUT2D eigenvalue weighted by Gasteiger charge is 2.36. The first-order valence-corrected chi connectivity index (χ1v) is 9.63. The first kappa shape index (κ1) is 18.7. The second-order valence-electron chi connectivity index (χ2n) is 7.26. The highest BCUT2D eigenvalue weighted by molar-refractivity contribution is 6.31. The minimum absolute atomic E-state index is 0.0110. The summed E-state index contributed by atoms with van der Waals surface area (Å²) in [6.07, 6.45) is 1.71. The van der Waals surface area contributed by atoms with E-state index in [1.54, 1.807) is 23.1 Å². The van der Waals surface area contributed by atoms with Crippen LogP contribution in [0.5, 0.6) is 5.75 Å². The van der Waals surface area contributed by atoms with E-state index in [0.29, 0.717) is 29.4 Å². The van der Waals surface area contributed by atoms with Crippen molar-refractivity contribution in [3.05, 3.63) is 57.0 Å². The number of aryl methyl sites for hydroxylation is 1. The number of hydrogen-bond acceptors (Lipinski definition) is 5. The van der Waals surface area contributed by atoms with Crippen molar-refractivity contribution in [1.29, 1.82) is 0 Å². The molecule has 0 N–H and O–H groups in total. The Hall–Kier alpha value is -2.67. The second-order valence-corrected chi connectivity index (χ2v) is 7.69. The summed E-state index contributed by atoms with van der Waals surface area (Å²) in [6.45, 7) is 1.11. The summed E-state index contributed by atoms with van der Waals surface area (Å²) >= 11 is 5.98. The van der Waals surface area contributed by atoms with Crippen molar-refractivity contribution in [2.24, 2.45) is 13.0 Å². The van der Waals surface area contributed by atoms with Gasteiger partial charge in [0.1, 0.15) is 17.5 Å². The van der Waals surface area contributed by atoms with Crippen LogP contribution in [0.3, 0.4) is 0 Å². The molecular formula is C20H20ClN3O4. The highest BCUT2D eigenvalue weighted by Crippen LogP contribution is 2.34. The van der Waals surface area contributed by atoms with Crippen molar-refractivity contribution < 1.29 is 14.3 Å². The summed E-state index contributed by atoms with van der Waals surface area (Å²) in [5.74, 6) is 0.401. The van der Waals surface area contributed by atoms with Gasteiger partial charge in [0.2, 0.25) is 0 Å². The van der Waals surface area contributed by atoms with E-state index >= 15 is 0 Å². The van der Waals surface area contributed by atoms with Gasteiger partial charge in [-0.1, -0.05) is 11.6 Å². The van der Waals surface area contributed by atoms with Gasteiger partial charge in [0.05, 0.1) is 5.56 Å². The Kier molecular flexibility index (Phi) is 4.93. The van der Waals surface area contributed by atoms with Crippen molar-refractivity contribution in [2.75, 3.05) is 13.1 Å². The molecule has 1 aromatic carbocycles. The summed E-state index contributed by atoms with van der Waals surface area (Å²) < 4.78 is 7.24. The average Bonchev–Trinajstić information content (AvgIpc) is 2.70. The zero-order chi connectivity index (χ0) is 19.8. The van der Waals surface area contributed by atoms with Gasteiger partial charge in [0.15, 0.2) is 5.78 Å². The zero-order valence-electron chi connectivity index (χ0n) is 15.4. The number of halogens is 1. The van der Waals surface area contributed by atoms with Crippen LogP contribution >= 0.6 is 11.6 Å². The number of benzene rings is 1. The topological polar surface area (TPSA) is 81.5 Å². The fourth-order valence-corrected chi connectivity index (χ4v) is 4.03. The molecule has 1 amide bonds. The smallest absolute Gasteiger partial charge is 0.274 e. The Balaban J connectivity index is 1.50. The Labute approximate surface area is 166 Å². The monoisotopic (exact) mass is 401 g/mol. The van der Waals surface area contributed by atoms with Gasteiger partial charge in [0.25, 0.3) is 11.5 Å². The Morgan fingerprint density at radius 3 is 2.86 bits per heavy atom. The van der Waals surface area contributed by atoms with Crippen LogP contribution in [0.15, 0.2) is 35.1 Å². The van der Waals surface area contributed by atoms with Gasteiger partial charge in [0, 0.05) is 43.6 Å². The number of hydrogen-bond donors (Lipinski definition) is 0. The molecule has 8 heteroatoms. The molecule has 146 valence electrons. The van der Waals surface area contributed by atoms with Crippen molar-refractivity contribution in [3.63, 3.8) is 0 Å². The number of fused-ring (bicyclic) bond motifs is 1. The maximum atomic E-state index is 12.8. The third kappa shape index (κ3) is 3.54. The van der Waals surface area contributed by atoms with Crippen LogP contribution in [0.25, 0.3) is 0 Å². The molecule has 1 saturated heterocycles. The SMILES string of the molecule is Cn1nc(C(=O)N2CCC[C@@H]([C@H]3CC(=O)c4cc(Cl)ccc4O3)C2)ccc1=O. The standard InChI is InChI=1S/C20H20ClN3O4/c1-23-19(26)7-5-15(22-23)20(27)24-8-2-3-12(11-24)18-10-16(25)14-9-13(21)4-6-17(14)28-18/h4-7,9,12,18H,2-3,8,10-11H2,1H3/t12-,18-/m1/s1. The molecule has 2 aliphatic heterocycles. The summed E-state index contributed by atoms with van der Waals surface area (Å²) in [4.78, 5) is 38.6. The molecule has 4 rings (SSSR count). The maximum Gasteiger partial charge on any atom is 0.274 e. The van der Waals surface area contributed by atoms with Crippen molar-refractivity contribution in [2.45, 2.75) is 25.4 Å². The van der Waals surface area contributed by atoms with Crippen LogP contribution in [0.2, 0.25) is 5.02 Å². The van der Waals surface area contributed by atoms with E-state index in [1.165, 1.54) is 19.2 Å². The van der Waals surface area contributed by atoms with Gasteiger partial charge >= 0.3 is 0 Å². The van der Waals surface area contributed by atoms with E-state index in [-0.39, 0.29) is 41.4 Å². The van der Waals surface area contributed by atoms with Gasteiger partial charge in [-0.25, -0.2) is 4.68 Å². The lowest BCUT2D eigenvalue weighted by Crippen LogP contribution is -2.46. The molecule has 0 aliphatic carbocycles. The van der Waals surface area contributed by atoms with Crippen molar-refractivity contribution in [3.8, 4) is 5.75 Å². The third-order valence-electron chi connectivity index (χ3n) is 5.36. The predicted octanol–water partition coefficient (Wildman–Crippen LogP) is 2.32. The number of aromatic nitrogens is 2. The molecule has 0 unspecified atom stereocenters. The average molecular weight is 402 g/mol. The first-order chi connectivity index (χ1) is 13.4. The number of piperidine rings is 1. The fraction of sp³-hybridized carbons (Fsp3) is 0.400. The molecule has 2 aromatic rings. The van der Waals surface area contributed by atoms with Crippen molar-refractivity contribution >= 4 is 23.3 Å². The number of rotatable bonds is 2. The predicted molar refractivity (Wildman–Crippen MR) is 103 cm³/mol.